The van der Waals surface area contributed by atoms with E-state index < -0.39 is 0 Å². The molecule has 1 fully saturated rings. The minimum atomic E-state index is 0.0647. The molecular formula is C20H24ClN3O. The van der Waals surface area contributed by atoms with Gasteiger partial charge in [0.15, 0.2) is 0 Å². The number of carbonyl (C=O) groups is 1. The number of likely N-dealkylation sites (tertiary alicyclic amines) is 1. The third-order valence-corrected chi connectivity index (χ3v) is 5.31. The third-order valence-electron chi connectivity index (χ3n) is 4.86. The van der Waals surface area contributed by atoms with Gasteiger partial charge in [0, 0.05) is 31.3 Å². The van der Waals surface area contributed by atoms with Crippen molar-refractivity contribution in [2.45, 2.75) is 38.6 Å². The first-order valence-corrected chi connectivity index (χ1v) is 9.15. The largest absolute Gasteiger partial charge is 0.336 e. The van der Waals surface area contributed by atoms with Gasteiger partial charge in [-0.05, 0) is 44.2 Å². The van der Waals surface area contributed by atoms with Gasteiger partial charge in [-0.3, -0.25) is 9.48 Å². The second kappa shape index (κ2) is 7.87. The Hall–Kier alpha value is -2.07. The normalized spacial score (nSPS) is 17.6. The summed E-state index contributed by atoms with van der Waals surface area (Å²) >= 11 is 6.23. The van der Waals surface area contributed by atoms with Crippen LogP contribution >= 0.6 is 11.6 Å². The molecule has 3 rings (SSSR count). The van der Waals surface area contributed by atoms with E-state index in [9.17, 15) is 4.79 Å². The lowest BCUT2D eigenvalue weighted by atomic mass is 10.0. The second-order valence-electron chi connectivity index (χ2n) is 6.60. The number of hydrogen-bond donors (Lipinski definition) is 0. The van der Waals surface area contributed by atoms with E-state index >= 15 is 0 Å². The fourth-order valence-corrected chi connectivity index (χ4v) is 3.73. The first-order chi connectivity index (χ1) is 12.1. The lowest BCUT2D eigenvalue weighted by molar-refractivity contribution is -0.126. The molecule has 1 aromatic carbocycles. The second-order valence-corrected chi connectivity index (χ2v) is 6.96. The molecular weight excluding hydrogens is 334 g/mol. The zero-order chi connectivity index (χ0) is 17.8. The molecule has 0 radical (unpaired) electrons. The maximum absolute atomic E-state index is 12.6. The maximum Gasteiger partial charge on any atom is 0.246 e. The van der Waals surface area contributed by atoms with E-state index in [2.05, 4.69) is 29.4 Å². The van der Waals surface area contributed by atoms with E-state index in [1.165, 1.54) is 5.56 Å². The number of aromatic nitrogens is 2. The quantitative estimate of drug-likeness (QED) is 0.758. The van der Waals surface area contributed by atoms with Crippen molar-refractivity contribution in [3.63, 3.8) is 0 Å². The average molecular weight is 358 g/mol. The van der Waals surface area contributed by atoms with E-state index in [1.54, 1.807) is 23.9 Å². The zero-order valence-corrected chi connectivity index (χ0v) is 15.5. The highest BCUT2D eigenvalue weighted by molar-refractivity contribution is 6.31. The van der Waals surface area contributed by atoms with Crippen LogP contribution in [0.3, 0.4) is 0 Å². The molecule has 0 aliphatic carbocycles. The van der Waals surface area contributed by atoms with Crippen molar-refractivity contribution in [3.8, 4) is 0 Å². The van der Waals surface area contributed by atoms with Crippen LogP contribution in [0.1, 0.15) is 36.1 Å². The number of rotatable bonds is 5. The Kier molecular flexibility index (Phi) is 5.59. The van der Waals surface area contributed by atoms with E-state index in [0.29, 0.717) is 11.2 Å². The highest BCUT2D eigenvalue weighted by Gasteiger charge is 2.27. The summed E-state index contributed by atoms with van der Waals surface area (Å²) in [5.41, 5.74) is 2.98. The van der Waals surface area contributed by atoms with Crippen molar-refractivity contribution >= 4 is 23.6 Å². The molecule has 1 amide bonds. The predicted molar refractivity (Wildman–Crippen MR) is 101 cm³/mol. The predicted octanol–water partition coefficient (Wildman–Crippen LogP) is 4.02. The van der Waals surface area contributed by atoms with Gasteiger partial charge in [-0.15, -0.1) is 0 Å². The fraction of sp³-hybridized carbons (Fsp3) is 0.400. The standard InChI is InChI=1S/C20H24ClN3O/c1-15-18(20(21)23(2)22-15)12-13-19(25)24-14-6-9-17(24)11-10-16-7-4-3-5-8-16/h3-5,7-8,12-13,17H,6,9-11,14H2,1-2H3/b13-12-/t17-/m1/s1. The summed E-state index contributed by atoms with van der Waals surface area (Å²) in [6.07, 6.45) is 7.60. The van der Waals surface area contributed by atoms with Crippen LogP contribution < -0.4 is 0 Å². The summed E-state index contributed by atoms with van der Waals surface area (Å²) in [7, 11) is 1.80. The van der Waals surface area contributed by atoms with E-state index in [1.807, 2.05) is 17.9 Å². The van der Waals surface area contributed by atoms with Gasteiger partial charge < -0.3 is 4.90 Å². The lowest BCUT2D eigenvalue weighted by Crippen LogP contribution is -2.34. The van der Waals surface area contributed by atoms with E-state index in [4.69, 9.17) is 11.6 Å². The molecule has 2 aromatic rings. The SMILES string of the molecule is Cc1nn(C)c(Cl)c1/C=C\C(=O)N1CCC[C@@H]1CCc1ccccc1. The van der Waals surface area contributed by atoms with Crippen LogP contribution in [0.15, 0.2) is 36.4 Å². The van der Waals surface area contributed by atoms with Crippen molar-refractivity contribution in [2.24, 2.45) is 7.05 Å². The number of carbonyl (C=O) groups excluding carboxylic acids is 1. The fourth-order valence-electron chi connectivity index (χ4n) is 3.49. The molecule has 0 saturated carbocycles. The molecule has 1 aliphatic heterocycles. The molecule has 0 spiro atoms. The summed E-state index contributed by atoms with van der Waals surface area (Å²) < 4.78 is 1.62. The topological polar surface area (TPSA) is 38.1 Å². The van der Waals surface area contributed by atoms with Gasteiger partial charge in [0.25, 0.3) is 0 Å². The van der Waals surface area contributed by atoms with Crippen LogP contribution in [-0.4, -0.2) is 33.2 Å². The molecule has 5 heteroatoms. The Morgan fingerprint density at radius 3 is 2.80 bits per heavy atom. The van der Waals surface area contributed by atoms with Crippen molar-refractivity contribution in [3.05, 3.63) is 58.4 Å². The Balaban J connectivity index is 1.63. The van der Waals surface area contributed by atoms with E-state index in [0.717, 1.165) is 43.5 Å². The summed E-state index contributed by atoms with van der Waals surface area (Å²) in [4.78, 5) is 14.6. The van der Waals surface area contributed by atoms with Crippen LogP contribution in [0.25, 0.3) is 6.08 Å². The van der Waals surface area contributed by atoms with Crippen LogP contribution in [0.4, 0.5) is 0 Å². The molecule has 25 heavy (non-hydrogen) atoms. The van der Waals surface area contributed by atoms with Gasteiger partial charge in [-0.2, -0.15) is 5.10 Å². The minimum Gasteiger partial charge on any atom is -0.336 e. The van der Waals surface area contributed by atoms with Gasteiger partial charge in [0.05, 0.1) is 5.69 Å². The van der Waals surface area contributed by atoms with Crippen LogP contribution in [-0.2, 0) is 18.3 Å². The van der Waals surface area contributed by atoms with Gasteiger partial charge in [-0.25, -0.2) is 0 Å². The van der Waals surface area contributed by atoms with Crippen LogP contribution in [0.5, 0.6) is 0 Å². The Morgan fingerprint density at radius 1 is 1.36 bits per heavy atom. The van der Waals surface area contributed by atoms with Gasteiger partial charge >= 0.3 is 0 Å². The number of hydrogen-bond acceptors (Lipinski definition) is 2. The first-order valence-electron chi connectivity index (χ1n) is 8.78. The highest BCUT2D eigenvalue weighted by atomic mass is 35.5. The molecule has 4 nitrogen and oxygen atoms in total. The monoisotopic (exact) mass is 357 g/mol. The van der Waals surface area contributed by atoms with Crippen molar-refractivity contribution in [1.29, 1.82) is 0 Å². The molecule has 1 saturated heterocycles. The summed E-state index contributed by atoms with van der Waals surface area (Å²) in [6, 6.07) is 10.8. The molecule has 132 valence electrons. The molecule has 0 unspecified atom stereocenters. The molecule has 0 N–H and O–H groups in total. The number of nitrogens with zero attached hydrogens (tertiary/aromatic N) is 3. The van der Waals surface area contributed by atoms with Crippen LogP contribution in [0.2, 0.25) is 5.15 Å². The Bertz CT molecular complexity index is 767. The maximum atomic E-state index is 12.6. The number of benzene rings is 1. The number of aryl methyl sites for hydroxylation is 3. The molecule has 1 aliphatic rings. The van der Waals surface area contributed by atoms with Crippen molar-refractivity contribution in [2.75, 3.05) is 6.54 Å². The average Bonchev–Trinajstić information content (AvgIpc) is 3.17. The first kappa shape index (κ1) is 17.7. The molecule has 1 aromatic heterocycles. The van der Waals surface area contributed by atoms with Crippen molar-refractivity contribution < 1.29 is 4.79 Å². The number of halogens is 1. The van der Waals surface area contributed by atoms with Gasteiger partial charge in [0.2, 0.25) is 5.91 Å². The summed E-state index contributed by atoms with van der Waals surface area (Å²) in [5, 5.41) is 4.83. The Morgan fingerprint density at radius 2 is 2.12 bits per heavy atom. The molecule has 1 atom stereocenters. The molecule has 2 heterocycles. The zero-order valence-electron chi connectivity index (χ0n) is 14.8. The summed E-state index contributed by atoms with van der Waals surface area (Å²) in [5.74, 6) is 0.0647. The minimum absolute atomic E-state index is 0.0647. The van der Waals surface area contributed by atoms with E-state index in [-0.39, 0.29) is 5.91 Å². The highest BCUT2D eigenvalue weighted by Crippen LogP contribution is 2.24. The van der Waals surface area contributed by atoms with Crippen LogP contribution in [0, 0.1) is 6.92 Å². The Labute approximate surface area is 154 Å². The van der Waals surface area contributed by atoms with Crippen molar-refractivity contribution in [1.82, 2.24) is 14.7 Å². The third kappa shape index (κ3) is 4.13. The summed E-state index contributed by atoms with van der Waals surface area (Å²) in [6.45, 7) is 2.73. The van der Waals surface area contributed by atoms with Gasteiger partial charge in [0.1, 0.15) is 5.15 Å². The lowest BCUT2D eigenvalue weighted by Gasteiger charge is -2.23. The number of amides is 1. The smallest absolute Gasteiger partial charge is 0.246 e. The van der Waals surface area contributed by atoms with Gasteiger partial charge in [-0.1, -0.05) is 41.9 Å². The molecule has 0 bridgehead atoms.